The lowest BCUT2D eigenvalue weighted by atomic mass is 9.38. The molecular formula is C28H46O5. The standard InChI is InChI=1S/C28H46O5/c1-7-18(2)14-24(30)33-23-11-12-26(6)22(25(23,4)5)9-8-20-16-28(31,17-32-19(3)29)21-10-13-27(20,26)15-21/h18,20-23,31H,7-17H2,1-6H3. The van der Waals surface area contributed by atoms with Crippen LogP contribution in [0.25, 0.3) is 0 Å². The van der Waals surface area contributed by atoms with E-state index in [9.17, 15) is 14.7 Å². The Balaban J connectivity index is 1.54. The molecule has 2 bridgehead atoms. The van der Waals surface area contributed by atoms with E-state index < -0.39 is 5.60 Å². The van der Waals surface area contributed by atoms with Crippen molar-refractivity contribution in [3.63, 3.8) is 0 Å². The lowest BCUT2D eigenvalue weighted by molar-refractivity contribution is -0.229. The molecule has 0 aromatic rings. The molecule has 4 rings (SSSR count). The third kappa shape index (κ3) is 3.94. The van der Waals surface area contributed by atoms with Gasteiger partial charge in [0, 0.05) is 18.8 Å². The van der Waals surface area contributed by atoms with E-state index in [0.29, 0.717) is 24.2 Å². The van der Waals surface area contributed by atoms with Gasteiger partial charge in [-0.2, -0.15) is 0 Å². The Labute approximate surface area is 200 Å². The van der Waals surface area contributed by atoms with Crippen LogP contribution in [0, 0.1) is 39.9 Å². The molecule has 1 N–H and O–H groups in total. The van der Waals surface area contributed by atoms with Crippen molar-refractivity contribution in [3.05, 3.63) is 0 Å². The molecule has 0 amide bonds. The molecule has 5 heteroatoms. The summed E-state index contributed by atoms with van der Waals surface area (Å²) in [6.07, 6.45) is 9.71. The van der Waals surface area contributed by atoms with E-state index in [4.69, 9.17) is 9.47 Å². The van der Waals surface area contributed by atoms with E-state index in [1.807, 2.05) is 0 Å². The molecule has 8 atom stereocenters. The molecule has 1 spiro atoms. The highest BCUT2D eigenvalue weighted by atomic mass is 16.5. The highest BCUT2D eigenvalue weighted by Gasteiger charge is 2.70. The number of fused-ring (bicyclic) bond motifs is 2. The average molecular weight is 463 g/mol. The minimum atomic E-state index is -0.877. The van der Waals surface area contributed by atoms with Gasteiger partial charge in [0.25, 0.3) is 0 Å². The predicted molar refractivity (Wildman–Crippen MR) is 127 cm³/mol. The third-order valence-electron chi connectivity index (χ3n) is 11.1. The van der Waals surface area contributed by atoms with Gasteiger partial charge in [-0.25, -0.2) is 0 Å². The van der Waals surface area contributed by atoms with Crippen LogP contribution < -0.4 is 0 Å². The normalized spacial score (nSPS) is 44.3. The third-order valence-corrected chi connectivity index (χ3v) is 11.1. The fraction of sp³-hybridized carbons (Fsp3) is 0.929. The largest absolute Gasteiger partial charge is 0.463 e. The summed E-state index contributed by atoms with van der Waals surface area (Å²) < 4.78 is 11.5. The topological polar surface area (TPSA) is 72.8 Å². The lowest BCUT2D eigenvalue weighted by Gasteiger charge is -2.68. The van der Waals surface area contributed by atoms with Crippen LogP contribution in [0.15, 0.2) is 0 Å². The Hall–Kier alpha value is -1.10. The van der Waals surface area contributed by atoms with Crippen molar-refractivity contribution in [1.82, 2.24) is 0 Å². The zero-order valence-electron chi connectivity index (χ0n) is 21.7. The molecule has 188 valence electrons. The summed E-state index contributed by atoms with van der Waals surface area (Å²) in [5.74, 6) is 1.21. The highest BCUT2D eigenvalue weighted by molar-refractivity contribution is 5.70. The minimum Gasteiger partial charge on any atom is -0.463 e. The average Bonchev–Trinajstić information content (AvgIpc) is 3.15. The zero-order chi connectivity index (χ0) is 24.2. The minimum absolute atomic E-state index is 0.0122. The van der Waals surface area contributed by atoms with Crippen LogP contribution in [-0.2, 0) is 19.1 Å². The SMILES string of the molecule is CCC(C)CC(=O)OC1CCC2(C)C(CCC3CC(O)(COC(C)=O)C4CCC32C4)C1(C)C. The number of hydrogen-bond acceptors (Lipinski definition) is 5. The Morgan fingerprint density at radius 2 is 1.76 bits per heavy atom. The number of hydrogen-bond donors (Lipinski definition) is 1. The van der Waals surface area contributed by atoms with Gasteiger partial charge in [0.2, 0.25) is 0 Å². The van der Waals surface area contributed by atoms with E-state index in [1.165, 1.54) is 6.92 Å². The molecule has 0 radical (unpaired) electrons. The van der Waals surface area contributed by atoms with Gasteiger partial charge in [0.1, 0.15) is 18.3 Å². The second-order valence-electron chi connectivity index (χ2n) is 13.0. The van der Waals surface area contributed by atoms with Crippen LogP contribution in [0.2, 0.25) is 0 Å². The number of aliphatic hydroxyl groups is 1. The molecular weight excluding hydrogens is 416 g/mol. The quantitative estimate of drug-likeness (QED) is 0.515. The Kier molecular flexibility index (Phi) is 6.47. The van der Waals surface area contributed by atoms with Gasteiger partial charge >= 0.3 is 11.9 Å². The summed E-state index contributed by atoms with van der Waals surface area (Å²) in [6.45, 7) is 13.0. The molecule has 33 heavy (non-hydrogen) atoms. The van der Waals surface area contributed by atoms with Crippen molar-refractivity contribution in [1.29, 1.82) is 0 Å². The molecule has 4 aliphatic carbocycles. The maximum Gasteiger partial charge on any atom is 0.306 e. The van der Waals surface area contributed by atoms with E-state index in [-0.39, 0.29) is 46.8 Å². The summed E-state index contributed by atoms with van der Waals surface area (Å²) >= 11 is 0. The van der Waals surface area contributed by atoms with Gasteiger partial charge < -0.3 is 14.6 Å². The molecule has 0 saturated heterocycles. The molecule has 0 aromatic heterocycles. The van der Waals surface area contributed by atoms with Crippen molar-refractivity contribution in [2.45, 2.75) is 117 Å². The van der Waals surface area contributed by atoms with Crippen molar-refractivity contribution in [3.8, 4) is 0 Å². The highest BCUT2D eigenvalue weighted by Crippen LogP contribution is 2.75. The molecule has 0 aromatic carbocycles. The first-order chi connectivity index (χ1) is 15.4. The van der Waals surface area contributed by atoms with Crippen molar-refractivity contribution in [2.24, 2.45) is 39.9 Å². The van der Waals surface area contributed by atoms with Gasteiger partial charge in [0.15, 0.2) is 0 Å². The monoisotopic (exact) mass is 462 g/mol. The summed E-state index contributed by atoms with van der Waals surface area (Å²) in [5, 5.41) is 11.5. The number of rotatable bonds is 6. The van der Waals surface area contributed by atoms with E-state index in [2.05, 4.69) is 34.6 Å². The summed E-state index contributed by atoms with van der Waals surface area (Å²) in [7, 11) is 0. The van der Waals surface area contributed by atoms with Crippen molar-refractivity contribution < 1.29 is 24.2 Å². The number of carbonyl (C=O) groups excluding carboxylic acids is 2. The fourth-order valence-corrected chi connectivity index (χ4v) is 8.98. The van der Waals surface area contributed by atoms with Gasteiger partial charge in [0.05, 0.1) is 0 Å². The van der Waals surface area contributed by atoms with Crippen LogP contribution >= 0.6 is 0 Å². The smallest absolute Gasteiger partial charge is 0.306 e. The van der Waals surface area contributed by atoms with Crippen LogP contribution in [0.1, 0.15) is 106 Å². The molecule has 8 unspecified atom stereocenters. The summed E-state index contributed by atoms with van der Waals surface area (Å²) in [4.78, 5) is 24.1. The number of esters is 2. The Morgan fingerprint density at radius 3 is 2.42 bits per heavy atom. The first-order valence-electron chi connectivity index (χ1n) is 13.4. The van der Waals surface area contributed by atoms with Gasteiger partial charge in [-0.15, -0.1) is 0 Å². The van der Waals surface area contributed by atoms with E-state index in [0.717, 1.165) is 57.8 Å². The molecule has 5 nitrogen and oxygen atoms in total. The second kappa shape index (κ2) is 8.53. The van der Waals surface area contributed by atoms with E-state index >= 15 is 0 Å². The van der Waals surface area contributed by atoms with Crippen molar-refractivity contribution in [2.75, 3.05) is 6.61 Å². The van der Waals surface area contributed by atoms with Crippen LogP contribution in [-0.4, -0.2) is 35.4 Å². The maximum atomic E-state index is 12.7. The fourth-order valence-electron chi connectivity index (χ4n) is 8.98. The first kappa shape index (κ1) is 25.0. The van der Waals surface area contributed by atoms with E-state index in [1.54, 1.807) is 0 Å². The molecule has 4 aliphatic rings. The van der Waals surface area contributed by atoms with Crippen molar-refractivity contribution >= 4 is 11.9 Å². The lowest BCUT2D eigenvalue weighted by Crippen LogP contribution is -2.64. The zero-order valence-corrected chi connectivity index (χ0v) is 21.7. The summed E-state index contributed by atoms with van der Waals surface area (Å²) in [6, 6.07) is 0. The second-order valence-corrected chi connectivity index (χ2v) is 13.0. The summed E-state index contributed by atoms with van der Waals surface area (Å²) in [5.41, 5.74) is -0.498. The molecule has 4 saturated carbocycles. The Bertz CT molecular complexity index is 776. The molecule has 4 fully saturated rings. The first-order valence-corrected chi connectivity index (χ1v) is 13.4. The van der Waals surface area contributed by atoms with Gasteiger partial charge in [-0.05, 0) is 85.9 Å². The Morgan fingerprint density at radius 1 is 1.03 bits per heavy atom. The van der Waals surface area contributed by atoms with Crippen LogP contribution in [0.5, 0.6) is 0 Å². The molecule has 0 heterocycles. The van der Waals surface area contributed by atoms with Crippen LogP contribution in [0.4, 0.5) is 0 Å². The van der Waals surface area contributed by atoms with Gasteiger partial charge in [-0.3, -0.25) is 9.59 Å². The molecule has 0 aliphatic heterocycles. The number of carbonyl (C=O) groups is 2. The number of ether oxygens (including phenoxy) is 2. The predicted octanol–water partition coefficient (Wildman–Crippen LogP) is 5.67. The van der Waals surface area contributed by atoms with Crippen LogP contribution in [0.3, 0.4) is 0 Å². The van der Waals surface area contributed by atoms with Gasteiger partial charge in [-0.1, -0.05) is 41.0 Å². The maximum absolute atomic E-state index is 12.7.